The number of pyridine rings is 1. The van der Waals surface area contributed by atoms with Gasteiger partial charge in [-0.15, -0.1) is 29.8 Å². The quantitative estimate of drug-likeness (QED) is 0.176. The molecule has 48 heavy (non-hydrogen) atoms. The van der Waals surface area contributed by atoms with Gasteiger partial charge < -0.3 is 9.52 Å². The van der Waals surface area contributed by atoms with Gasteiger partial charge in [0.2, 0.25) is 0 Å². The fourth-order valence-electron chi connectivity index (χ4n) is 6.51. The summed E-state index contributed by atoms with van der Waals surface area (Å²) in [5.74, 6) is 0.736. The zero-order chi connectivity index (χ0) is 31.3. The van der Waals surface area contributed by atoms with Gasteiger partial charge in [-0.2, -0.15) is 0 Å². The van der Waals surface area contributed by atoms with Gasteiger partial charge in [0.25, 0.3) is 0 Å². The van der Waals surface area contributed by atoms with Crippen LogP contribution in [-0.4, -0.2) is 19.6 Å². The minimum atomic E-state index is 0. The van der Waals surface area contributed by atoms with Crippen molar-refractivity contribution in [2.75, 3.05) is 0 Å². The Bertz CT molecular complexity index is 2590. The van der Waals surface area contributed by atoms with E-state index < -0.39 is 0 Å². The summed E-state index contributed by atoms with van der Waals surface area (Å²) >= 11 is 0. The molecule has 0 unspecified atom stereocenters. The van der Waals surface area contributed by atoms with E-state index in [0.29, 0.717) is 17.0 Å². The molecule has 3 aromatic heterocycles. The van der Waals surface area contributed by atoms with Crippen LogP contribution in [0, 0.1) is 6.07 Å². The molecule has 0 spiro atoms. The molecule has 0 saturated heterocycles. The van der Waals surface area contributed by atoms with Crippen molar-refractivity contribution in [2.45, 2.75) is 0 Å². The molecule has 6 aromatic carbocycles. The van der Waals surface area contributed by atoms with E-state index in [1.807, 2.05) is 97.1 Å². The minimum absolute atomic E-state index is 0. The summed E-state index contributed by atoms with van der Waals surface area (Å²) in [6, 6.07) is 52.0. The monoisotopic (exact) mass is 799 g/mol. The van der Waals surface area contributed by atoms with Gasteiger partial charge >= 0.3 is 0 Å². The first-order valence-corrected chi connectivity index (χ1v) is 15.5. The molecule has 6 heteroatoms. The van der Waals surface area contributed by atoms with Crippen LogP contribution in [0.3, 0.4) is 0 Å². The van der Waals surface area contributed by atoms with Crippen LogP contribution >= 0.6 is 0 Å². The SMILES string of the molecule is Oc1cc2c(cc1-c1nc3c(-c4[c-]c(-c5ccccn5)ccc4)cccc3n1-c1ccccc1-c1ccccc1)oc1ccccc12.[Pt]. The Morgan fingerprint density at radius 1 is 0.604 bits per heavy atom. The van der Waals surface area contributed by atoms with Gasteiger partial charge in [0.1, 0.15) is 22.7 Å². The predicted octanol–water partition coefficient (Wildman–Crippen LogP) is 10.5. The van der Waals surface area contributed by atoms with Crippen LogP contribution in [0.15, 0.2) is 156 Å². The van der Waals surface area contributed by atoms with Gasteiger partial charge in [0.15, 0.2) is 0 Å². The molecule has 0 saturated carbocycles. The number of furan rings is 1. The summed E-state index contributed by atoms with van der Waals surface area (Å²) in [6.45, 7) is 0. The first kappa shape index (κ1) is 29.6. The average molecular weight is 800 g/mol. The number of aromatic hydroxyl groups is 1. The second-order valence-electron chi connectivity index (χ2n) is 11.5. The molecular weight excluding hydrogens is 774 g/mol. The number of imidazole rings is 1. The van der Waals surface area contributed by atoms with Crippen LogP contribution in [0.1, 0.15) is 0 Å². The van der Waals surface area contributed by atoms with Gasteiger partial charge in [-0.1, -0.05) is 102 Å². The molecule has 9 aromatic rings. The second-order valence-corrected chi connectivity index (χ2v) is 11.5. The summed E-state index contributed by atoms with van der Waals surface area (Å²) in [6.07, 6.45) is 1.79. The Balaban J connectivity index is 0.00000336. The van der Waals surface area contributed by atoms with Crippen molar-refractivity contribution >= 4 is 33.0 Å². The van der Waals surface area contributed by atoms with Crippen molar-refractivity contribution in [1.29, 1.82) is 0 Å². The summed E-state index contributed by atoms with van der Waals surface area (Å²) in [7, 11) is 0. The van der Waals surface area contributed by atoms with Crippen molar-refractivity contribution in [3.05, 3.63) is 158 Å². The van der Waals surface area contributed by atoms with E-state index in [2.05, 4.69) is 58.1 Å². The molecule has 0 amide bonds. The molecule has 9 rings (SSSR count). The Morgan fingerprint density at radius 3 is 2.23 bits per heavy atom. The predicted molar refractivity (Wildman–Crippen MR) is 188 cm³/mol. The van der Waals surface area contributed by atoms with Crippen LogP contribution in [0.2, 0.25) is 0 Å². The zero-order valence-electron chi connectivity index (χ0n) is 25.4. The van der Waals surface area contributed by atoms with E-state index in [1.54, 1.807) is 12.3 Å². The van der Waals surface area contributed by atoms with Gasteiger partial charge in [0, 0.05) is 49.3 Å². The Morgan fingerprint density at radius 2 is 1.35 bits per heavy atom. The molecule has 1 N–H and O–H groups in total. The van der Waals surface area contributed by atoms with Crippen LogP contribution in [0.5, 0.6) is 5.75 Å². The number of rotatable bonds is 5. The third-order valence-electron chi connectivity index (χ3n) is 8.68. The first-order valence-electron chi connectivity index (χ1n) is 15.5. The van der Waals surface area contributed by atoms with Gasteiger partial charge in [0.05, 0.1) is 22.3 Å². The summed E-state index contributed by atoms with van der Waals surface area (Å²) in [5.41, 5.74) is 10.4. The van der Waals surface area contributed by atoms with Gasteiger partial charge in [-0.3, -0.25) is 9.55 Å². The van der Waals surface area contributed by atoms with Crippen LogP contribution < -0.4 is 0 Å². The minimum Gasteiger partial charge on any atom is -0.507 e. The molecular formula is C42H26N3O2Pt-. The maximum Gasteiger partial charge on any atom is 0.148 e. The molecule has 0 atom stereocenters. The standard InChI is InChI=1S/C42H26N3O2.Pt/c46-38-25-33-32-17-5-7-22-39(32)47-40(33)26-34(38)42-44-41-31(28-14-10-15-29(24-28)35-19-8-9-23-43-35)18-11-21-37(41)45(42)36-20-6-4-16-30(36)27-12-2-1-3-13-27;/h1-23,25-26,46H;/q-1;. The van der Waals surface area contributed by atoms with Crippen molar-refractivity contribution in [3.8, 4) is 56.3 Å². The number of hydrogen-bond donors (Lipinski definition) is 1. The maximum atomic E-state index is 11.7. The summed E-state index contributed by atoms with van der Waals surface area (Å²) in [4.78, 5) is 9.86. The first-order chi connectivity index (χ1) is 23.2. The Kier molecular flexibility index (Phi) is 7.47. The molecule has 0 aliphatic rings. The van der Waals surface area contributed by atoms with Crippen LogP contribution in [0.4, 0.5) is 0 Å². The molecule has 5 nitrogen and oxygen atoms in total. The molecule has 0 aliphatic carbocycles. The van der Waals surface area contributed by atoms with E-state index in [0.717, 1.165) is 66.6 Å². The van der Waals surface area contributed by atoms with Crippen molar-refractivity contribution in [2.24, 2.45) is 0 Å². The molecule has 0 fully saturated rings. The number of para-hydroxylation sites is 3. The smallest absolute Gasteiger partial charge is 0.148 e. The topological polar surface area (TPSA) is 64.1 Å². The second kappa shape index (κ2) is 12.1. The maximum absolute atomic E-state index is 11.7. The summed E-state index contributed by atoms with van der Waals surface area (Å²) in [5, 5.41) is 13.5. The normalized spacial score (nSPS) is 11.2. The van der Waals surface area contributed by atoms with E-state index >= 15 is 0 Å². The number of nitrogens with zero attached hydrogens (tertiary/aromatic N) is 3. The van der Waals surface area contributed by atoms with E-state index in [9.17, 15) is 5.11 Å². The third kappa shape index (κ3) is 4.92. The van der Waals surface area contributed by atoms with Gasteiger partial charge in [-0.05, 0) is 42.0 Å². The Hall–Kier alpha value is -5.77. The molecule has 0 bridgehead atoms. The van der Waals surface area contributed by atoms with E-state index in [4.69, 9.17) is 9.40 Å². The van der Waals surface area contributed by atoms with Crippen molar-refractivity contribution < 1.29 is 30.6 Å². The number of fused-ring (bicyclic) bond motifs is 4. The number of benzene rings is 6. The van der Waals surface area contributed by atoms with Gasteiger partial charge in [-0.25, -0.2) is 4.98 Å². The number of phenolic OH excluding ortho intramolecular Hbond substituents is 1. The van der Waals surface area contributed by atoms with Crippen LogP contribution in [0.25, 0.3) is 83.6 Å². The van der Waals surface area contributed by atoms with E-state index in [-0.39, 0.29) is 26.8 Å². The summed E-state index contributed by atoms with van der Waals surface area (Å²) < 4.78 is 8.42. The molecule has 3 heterocycles. The average Bonchev–Trinajstić information content (AvgIpc) is 3.70. The number of hydrogen-bond acceptors (Lipinski definition) is 4. The van der Waals surface area contributed by atoms with Crippen LogP contribution in [-0.2, 0) is 21.1 Å². The third-order valence-corrected chi connectivity index (χ3v) is 8.68. The fourth-order valence-corrected chi connectivity index (χ4v) is 6.51. The molecule has 0 aliphatic heterocycles. The molecule has 0 radical (unpaired) electrons. The fraction of sp³-hybridized carbons (Fsp3) is 0. The zero-order valence-corrected chi connectivity index (χ0v) is 27.7. The van der Waals surface area contributed by atoms with E-state index in [1.165, 1.54) is 0 Å². The number of aromatic nitrogens is 3. The number of phenols is 1. The van der Waals surface area contributed by atoms with Crippen molar-refractivity contribution in [1.82, 2.24) is 14.5 Å². The largest absolute Gasteiger partial charge is 0.507 e. The Labute approximate surface area is 291 Å². The molecule has 232 valence electrons. The van der Waals surface area contributed by atoms with Crippen molar-refractivity contribution in [3.63, 3.8) is 0 Å².